The van der Waals surface area contributed by atoms with Crippen LogP contribution < -0.4 is 10.6 Å². The van der Waals surface area contributed by atoms with Crippen molar-refractivity contribution in [2.24, 2.45) is 0 Å². The Morgan fingerprint density at radius 3 is 2.42 bits per heavy atom. The third kappa shape index (κ3) is 6.32. The van der Waals surface area contributed by atoms with Crippen LogP contribution in [-0.4, -0.2) is 23.4 Å². The molecule has 1 aliphatic heterocycles. The molecule has 0 spiro atoms. The van der Waals surface area contributed by atoms with E-state index in [4.69, 9.17) is 5.26 Å². The summed E-state index contributed by atoms with van der Waals surface area (Å²) in [6.07, 6.45) is -3.18. The van der Waals surface area contributed by atoms with Crippen LogP contribution in [0.5, 0.6) is 0 Å². The molecule has 0 bridgehead atoms. The van der Waals surface area contributed by atoms with Crippen LogP contribution in [0.15, 0.2) is 66.7 Å². The number of nitrogens with one attached hydrogen (secondary N) is 2. The highest BCUT2D eigenvalue weighted by Crippen LogP contribution is 2.36. The highest BCUT2D eigenvalue weighted by Gasteiger charge is 2.30. The van der Waals surface area contributed by atoms with E-state index < -0.39 is 11.7 Å². The standard InChI is InChI=1S/C29H27F3N4O2/c1-19(37)34-24-16-22-18-36(28(38)35-27(8-5-14-33)21-6-3-2-4-7-21)15-13-25(22)26(17-24)20-9-11-23(12-10-20)29(30,31)32/h2-4,6-7,9-12,16-17,27H,5,8,13,15,18H2,1H3,(H,34,37)(H,35,38)/t27-/m0/s1. The van der Waals surface area contributed by atoms with Crippen LogP contribution in [0.3, 0.4) is 0 Å². The first-order chi connectivity index (χ1) is 18.2. The van der Waals surface area contributed by atoms with Crippen molar-refractivity contribution in [2.75, 3.05) is 11.9 Å². The van der Waals surface area contributed by atoms with Gasteiger partial charge in [-0.2, -0.15) is 18.4 Å². The van der Waals surface area contributed by atoms with E-state index in [0.717, 1.165) is 34.4 Å². The lowest BCUT2D eigenvalue weighted by atomic mass is 9.89. The summed E-state index contributed by atoms with van der Waals surface area (Å²) in [5.74, 6) is -0.281. The average molecular weight is 521 g/mol. The van der Waals surface area contributed by atoms with Gasteiger partial charge in [-0.15, -0.1) is 0 Å². The molecule has 1 heterocycles. The summed E-state index contributed by atoms with van der Waals surface area (Å²) in [6, 6.07) is 19.5. The summed E-state index contributed by atoms with van der Waals surface area (Å²) in [4.78, 5) is 26.7. The minimum Gasteiger partial charge on any atom is -0.331 e. The lowest BCUT2D eigenvalue weighted by Crippen LogP contribution is -2.44. The highest BCUT2D eigenvalue weighted by atomic mass is 19.4. The Labute approximate surface area is 219 Å². The molecule has 0 aliphatic carbocycles. The molecule has 0 saturated heterocycles. The Hall–Kier alpha value is -4.32. The topological polar surface area (TPSA) is 85.2 Å². The Morgan fingerprint density at radius 1 is 1.08 bits per heavy atom. The van der Waals surface area contributed by atoms with Crippen LogP contribution in [0.1, 0.15) is 48.1 Å². The number of benzene rings is 3. The van der Waals surface area contributed by atoms with Gasteiger partial charge in [-0.3, -0.25) is 4.79 Å². The van der Waals surface area contributed by atoms with Crippen LogP contribution >= 0.6 is 0 Å². The maximum Gasteiger partial charge on any atom is 0.416 e. The van der Waals surface area contributed by atoms with Gasteiger partial charge in [-0.25, -0.2) is 4.79 Å². The van der Waals surface area contributed by atoms with Crippen molar-refractivity contribution in [2.45, 2.75) is 44.9 Å². The van der Waals surface area contributed by atoms with E-state index in [1.54, 1.807) is 17.0 Å². The fraction of sp³-hybridized carbons (Fsp3) is 0.276. The molecular weight excluding hydrogens is 493 g/mol. The van der Waals surface area contributed by atoms with Gasteiger partial charge in [0.15, 0.2) is 0 Å². The predicted octanol–water partition coefficient (Wildman–Crippen LogP) is 6.44. The van der Waals surface area contributed by atoms with Crippen molar-refractivity contribution in [3.63, 3.8) is 0 Å². The van der Waals surface area contributed by atoms with E-state index in [2.05, 4.69) is 16.7 Å². The SMILES string of the molecule is CC(=O)Nc1cc2c(c(-c3ccc(C(F)(F)F)cc3)c1)CCN(C(=O)N[C@@H](CCC#N)c1ccccc1)C2. The number of rotatable bonds is 6. The Morgan fingerprint density at radius 2 is 1.79 bits per heavy atom. The van der Waals surface area contributed by atoms with Crippen LogP contribution in [0.2, 0.25) is 0 Å². The molecule has 3 amide bonds. The maximum absolute atomic E-state index is 13.3. The minimum absolute atomic E-state index is 0.266. The first kappa shape index (κ1) is 26.7. The molecular formula is C29H27F3N4O2. The Bertz CT molecular complexity index is 1350. The summed E-state index contributed by atoms with van der Waals surface area (Å²) in [7, 11) is 0. The number of anilines is 1. The molecule has 0 unspecified atom stereocenters. The molecule has 6 nitrogen and oxygen atoms in total. The normalized spacial score (nSPS) is 13.7. The van der Waals surface area contributed by atoms with Gasteiger partial charge in [-0.05, 0) is 64.9 Å². The van der Waals surface area contributed by atoms with Crippen LogP contribution in [0.4, 0.5) is 23.7 Å². The van der Waals surface area contributed by atoms with E-state index in [1.165, 1.54) is 19.1 Å². The third-order valence-corrected chi connectivity index (χ3v) is 6.51. The molecule has 0 fully saturated rings. The van der Waals surface area contributed by atoms with E-state index in [1.807, 2.05) is 30.3 Å². The molecule has 1 aliphatic rings. The number of halogens is 3. The number of carbonyl (C=O) groups excluding carboxylic acids is 2. The van der Waals surface area contributed by atoms with Crippen molar-refractivity contribution in [3.05, 3.63) is 89.0 Å². The Balaban J connectivity index is 1.61. The molecule has 1 atom stereocenters. The van der Waals surface area contributed by atoms with Gasteiger partial charge in [0.2, 0.25) is 5.91 Å². The lowest BCUT2D eigenvalue weighted by molar-refractivity contribution is -0.137. The minimum atomic E-state index is -4.44. The van der Waals surface area contributed by atoms with Crippen molar-refractivity contribution in [1.82, 2.24) is 10.2 Å². The monoisotopic (exact) mass is 520 g/mol. The van der Waals surface area contributed by atoms with Gasteiger partial charge in [0, 0.05) is 32.1 Å². The molecule has 3 aromatic carbocycles. The fourth-order valence-electron chi connectivity index (χ4n) is 4.70. The summed E-state index contributed by atoms with van der Waals surface area (Å²) >= 11 is 0. The number of urea groups is 1. The molecule has 0 aromatic heterocycles. The number of fused-ring (bicyclic) bond motifs is 1. The van der Waals surface area contributed by atoms with E-state index in [-0.39, 0.29) is 24.5 Å². The van der Waals surface area contributed by atoms with Gasteiger partial charge in [0.05, 0.1) is 17.7 Å². The number of amides is 3. The van der Waals surface area contributed by atoms with Crippen molar-refractivity contribution in [1.29, 1.82) is 5.26 Å². The maximum atomic E-state index is 13.3. The van der Waals surface area contributed by atoms with Gasteiger partial charge in [0.1, 0.15) is 0 Å². The molecule has 0 radical (unpaired) electrons. The zero-order chi connectivity index (χ0) is 27.3. The summed E-state index contributed by atoms with van der Waals surface area (Å²) in [5, 5.41) is 14.9. The van der Waals surface area contributed by atoms with Crippen molar-refractivity contribution >= 4 is 17.6 Å². The third-order valence-electron chi connectivity index (χ3n) is 6.51. The number of hydrogen-bond acceptors (Lipinski definition) is 3. The largest absolute Gasteiger partial charge is 0.416 e. The number of alkyl halides is 3. The average Bonchev–Trinajstić information content (AvgIpc) is 2.90. The fourth-order valence-corrected chi connectivity index (χ4v) is 4.70. The van der Waals surface area contributed by atoms with Gasteiger partial charge in [0.25, 0.3) is 0 Å². The number of carbonyl (C=O) groups is 2. The van der Waals surface area contributed by atoms with Gasteiger partial charge < -0.3 is 15.5 Å². The molecule has 38 heavy (non-hydrogen) atoms. The zero-order valence-electron chi connectivity index (χ0n) is 20.8. The first-order valence-electron chi connectivity index (χ1n) is 12.2. The van der Waals surface area contributed by atoms with Gasteiger partial charge in [-0.1, -0.05) is 42.5 Å². The van der Waals surface area contributed by atoms with E-state index in [0.29, 0.717) is 37.1 Å². The van der Waals surface area contributed by atoms with E-state index >= 15 is 0 Å². The number of hydrogen-bond donors (Lipinski definition) is 2. The van der Waals surface area contributed by atoms with Crippen LogP contribution in [0, 0.1) is 11.3 Å². The Kier molecular flexibility index (Phi) is 8.01. The second-order valence-corrected chi connectivity index (χ2v) is 9.20. The molecule has 196 valence electrons. The molecule has 2 N–H and O–H groups in total. The lowest BCUT2D eigenvalue weighted by Gasteiger charge is -2.32. The second kappa shape index (κ2) is 11.4. The number of nitrogens with zero attached hydrogens (tertiary/aromatic N) is 2. The van der Waals surface area contributed by atoms with Crippen LogP contribution in [-0.2, 0) is 23.9 Å². The first-order valence-corrected chi connectivity index (χ1v) is 12.2. The zero-order valence-corrected chi connectivity index (χ0v) is 20.8. The molecule has 9 heteroatoms. The summed E-state index contributed by atoms with van der Waals surface area (Å²) in [5.41, 5.74) is 3.72. The van der Waals surface area contributed by atoms with Gasteiger partial charge >= 0.3 is 12.2 Å². The predicted molar refractivity (Wildman–Crippen MR) is 138 cm³/mol. The van der Waals surface area contributed by atoms with Crippen LogP contribution in [0.25, 0.3) is 11.1 Å². The number of nitriles is 1. The quantitative estimate of drug-likeness (QED) is 0.392. The smallest absolute Gasteiger partial charge is 0.331 e. The molecule has 3 aromatic rings. The molecule has 4 rings (SSSR count). The van der Waals surface area contributed by atoms with E-state index in [9.17, 15) is 22.8 Å². The molecule has 0 saturated carbocycles. The van der Waals surface area contributed by atoms with Crippen molar-refractivity contribution in [3.8, 4) is 17.2 Å². The highest BCUT2D eigenvalue weighted by molar-refractivity contribution is 5.90. The van der Waals surface area contributed by atoms with Crippen molar-refractivity contribution < 1.29 is 22.8 Å². The summed E-state index contributed by atoms with van der Waals surface area (Å²) < 4.78 is 39.2. The summed E-state index contributed by atoms with van der Waals surface area (Å²) in [6.45, 7) is 2.05. The second-order valence-electron chi connectivity index (χ2n) is 9.20.